The fourth-order valence-corrected chi connectivity index (χ4v) is 6.00. The van der Waals surface area contributed by atoms with E-state index in [0.717, 1.165) is 43.5 Å². The summed E-state index contributed by atoms with van der Waals surface area (Å²) in [6.45, 7) is 15.5. The van der Waals surface area contributed by atoms with Crippen molar-refractivity contribution in [2.75, 3.05) is 38.4 Å². The Morgan fingerprint density at radius 3 is 2.63 bits per heavy atom. The first-order chi connectivity index (χ1) is 20.6. The third-order valence-electron chi connectivity index (χ3n) is 7.70. The zero-order valence-corrected chi connectivity index (χ0v) is 27.4. The van der Waals surface area contributed by atoms with Gasteiger partial charge in [0.15, 0.2) is 11.5 Å². The molecule has 0 bridgehead atoms. The van der Waals surface area contributed by atoms with Crippen LogP contribution in [0.1, 0.15) is 72.8 Å². The molecule has 1 amide bonds. The zero-order chi connectivity index (χ0) is 32.0. The Balaban J connectivity index is 0.00000316. The van der Waals surface area contributed by atoms with Crippen molar-refractivity contribution in [1.29, 1.82) is 0 Å². The molecule has 2 aliphatic rings. The molecule has 7 nitrogen and oxygen atoms in total. The summed E-state index contributed by atoms with van der Waals surface area (Å²) >= 11 is 0. The highest BCUT2D eigenvalue weighted by atomic mass is 16.7. The number of ether oxygens (including phenoxy) is 3. The van der Waals surface area contributed by atoms with Gasteiger partial charge in [-0.15, -0.1) is 12.8 Å². The number of allylic oxidation sites excluding steroid dienone is 4. The summed E-state index contributed by atoms with van der Waals surface area (Å²) in [7, 11) is 1.65. The molecule has 236 valence electrons. The second-order valence-corrected chi connectivity index (χ2v) is 12.1. The Hall–Kier alpha value is -3.47. The first-order valence-electron chi connectivity index (χ1n) is 15.3. The summed E-state index contributed by atoms with van der Waals surface area (Å²) < 4.78 is 16.9. The predicted molar refractivity (Wildman–Crippen MR) is 177 cm³/mol. The highest BCUT2D eigenvalue weighted by Crippen LogP contribution is 2.36. The molecule has 2 N–H and O–H groups in total. The molecular weight excluding hydrogens is 538 g/mol. The van der Waals surface area contributed by atoms with Crippen molar-refractivity contribution in [2.45, 2.75) is 79.8 Å². The van der Waals surface area contributed by atoms with Gasteiger partial charge in [0, 0.05) is 31.4 Å². The van der Waals surface area contributed by atoms with E-state index in [4.69, 9.17) is 19.9 Å². The van der Waals surface area contributed by atoms with Crippen LogP contribution in [0.4, 0.5) is 5.69 Å². The quantitative estimate of drug-likeness (QED) is 0.152. The molecule has 2 fully saturated rings. The number of anilines is 1. The summed E-state index contributed by atoms with van der Waals surface area (Å²) in [4.78, 5) is 18.3. The number of benzene rings is 1. The topological polar surface area (TPSA) is 77.3 Å². The smallest absolute Gasteiger partial charge is 0.241 e. The highest BCUT2D eigenvalue weighted by molar-refractivity contribution is 5.95. The lowest BCUT2D eigenvalue weighted by Gasteiger charge is -2.32. The highest BCUT2D eigenvalue weighted by Gasteiger charge is 2.36. The van der Waals surface area contributed by atoms with Gasteiger partial charge in [-0.25, -0.2) is 0 Å². The number of likely N-dealkylation sites (tertiary alicyclic amines) is 1. The van der Waals surface area contributed by atoms with Crippen molar-refractivity contribution < 1.29 is 19.0 Å². The lowest BCUT2D eigenvalue weighted by molar-refractivity contribution is -0.120. The number of methoxy groups -OCH3 is 1. The van der Waals surface area contributed by atoms with E-state index in [0.29, 0.717) is 36.9 Å². The first kappa shape index (κ1) is 35.7. The van der Waals surface area contributed by atoms with Crippen LogP contribution in [0.15, 0.2) is 71.4 Å². The number of nitrogens with two attached hydrogens (primary N) is 1. The van der Waals surface area contributed by atoms with Gasteiger partial charge in [-0.2, -0.15) is 0 Å². The van der Waals surface area contributed by atoms with E-state index in [-0.39, 0.29) is 30.1 Å². The van der Waals surface area contributed by atoms with Crippen molar-refractivity contribution in [1.82, 2.24) is 4.90 Å². The molecule has 2 atom stereocenters. The normalized spacial score (nSPS) is 20.7. The van der Waals surface area contributed by atoms with E-state index in [1.807, 2.05) is 48.2 Å². The number of carbonyl (C=O) groups is 1. The van der Waals surface area contributed by atoms with Gasteiger partial charge in [0.05, 0.1) is 13.7 Å². The van der Waals surface area contributed by atoms with Crippen LogP contribution < -0.4 is 10.6 Å². The van der Waals surface area contributed by atoms with Crippen molar-refractivity contribution in [3.8, 4) is 12.8 Å². The summed E-state index contributed by atoms with van der Waals surface area (Å²) in [5.41, 5.74) is 9.21. The average molecular weight is 592 g/mol. The number of hydrogen-bond donors (Lipinski definition) is 1. The second kappa shape index (κ2) is 17.6. The van der Waals surface area contributed by atoms with E-state index in [9.17, 15) is 4.79 Å². The van der Waals surface area contributed by atoms with Gasteiger partial charge in [0.25, 0.3) is 0 Å². The molecule has 7 heteroatoms. The van der Waals surface area contributed by atoms with E-state index in [2.05, 4.69) is 64.5 Å². The minimum atomic E-state index is 0.0241. The second-order valence-electron chi connectivity index (χ2n) is 12.1. The van der Waals surface area contributed by atoms with Gasteiger partial charge in [0.1, 0.15) is 0 Å². The van der Waals surface area contributed by atoms with Crippen molar-refractivity contribution in [3.05, 3.63) is 77.0 Å². The van der Waals surface area contributed by atoms with Crippen molar-refractivity contribution in [3.63, 3.8) is 0 Å². The third kappa shape index (κ3) is 10.6. The van der Waals surface area contributed by atoms with Crippen LogP contribution in [-0.2, 0) is 25.5 Å². The fourth-order valence-electron chi connectivity index (χ4n) is 6.00. The Kier molecular flexibility index (Phi) is 14.6. The van der Waals surface area contributed by atoms with Crippen LogP contribution in [0.5, 0.6) is 0 Å². The maximum atomic E-state index is 13.9. The van der Waals surface area contributed by atoms with Crippen LogP contribution >= 0.6 is 0 Å². The van der Waals surface area contributed by atoms with Gasteiger partial charge in [0.2, 0.25) is 18.5 Å². The van der Waals surface area contributed by atoms with Crippen LogP contribution in [0.3, 0.4) is 0 Å². The Morgan fingerprint density at radius 2 is 2.00 bits per heavy atom. The van der Waals surface area contributed by atoms with E-state index < -0.39 is 0 Å². The van der Waals surface area contributed by atoms with Crippen LogP contribution in [0.2, 0.25) is 0 Å². The third-order valence-corrected chi connectivity index (χ3v) is 7.70. The molecule has 3 rings (SSSR count). The molecule has 0 aliphatic carbocycles. The van der Waals surface area contributed by atoms with Crippen LogP contribution in [0.25, 0.3) is 0 Å². The van der Waals surface area contributed by atoms with Gasteiger partial charge in [-0.3, -0.25) is 9.69 Å². The van der Waals surface area contributed by atoms with Gasteiger partial charge < -0.3 is 24.8 Å². The van der Waals surface area contributed by atoms with E-state index in [1.54, 1.807) is 7.11 Å². The first-order valence-corrected chi connectivity index (χ1v) is 15.3. The lowest BCUT2D eigenvalue weighted by atomic mass is 9.83. The summed E-state index contributed by atoms with van der Waals surface area (Å²) in [6.07, 6.45) is 20.4. The fraction of sp³-hybridized carbons (Fsp3) is 0.528. The van der Waals surface area contributed by atoms with Crippen LogP contribution in [-0.4, -0.2) is 50.4 Å². The largest absolute Gasteiger partial charge is 0.493 e. The SMILES string of the molecule is C#C.C/C=C1/OCO/C1=C(/C=C/C1CC(CC(C)(C)C=C(C)C)N(CC(=O)N(CCCC)c2cccc(CN)c2)C1)OC. The van der Waals surface area contributed by atoms with Crippen molar-refractivity contribution >= 4 is 11.6 Å². The molecule has 0 spiro atoms. The number of carbonyl (C=O) groups excluding carboxylic acids is 1. The minimum absolute atomic E-state index is 0.0241. The molecular formula is C36H53N3O4. The monoisotopic (exact) mass is 591 g/mol. The summed E-state index contributed by atoms with van der Waals surface area (Å²) in [6, 6.07) is 8.34. The summed E-state index contributed by atoms with van der Waals surface area (Å²) in [5.74, 6) is 2.39. The van der Waals surface area contributed by atoms with Gasteiger partial charge in [-0.1, -0.05) is 57.0 Å². The van der Waals surface area contributed by atoms with E-state index >= 15 is 0 Å². The average Bonchev–Trinajstić information content (AvgIpc) is 3.60. The maximum absolute atomic E-state index is 13.9. The van der Waals surface area contributed by atoms with Gasteiger partial charge in [-0.05, 0) is 81.2 Å². The molecule has 2 heterocycles. The van der Waals surface area contributed by atoms with Crippen molar-refractivity contribution in [2.24, 2.45) is 17.1 Å². The lowest BCUT2D eigenvalue weighted by Crippen LogP contribution is -2.44. The molecule has 43 heavy (non-hydrogen) atoms. The molecule has 1 aromatic rings. The zero-order valence-electron chi connectivity index (χ0n) is 27.4. The standard InChI is InChI=1S/C34H51N3O4.C2H2/c1-8-10-16-37(28-13-11-12-26(17-28)21-35)32(38)23-36-22-27(18-29(36)20-34(5,6)19-25(3)4)14-15-31(39-7)33-30(9-2)40-24-41-33;1-2/h9,11-15,17,19,27,29H,8,10,16,18,20-24,35H2,1-7H3;1-2H/b15-14+,30-9+,33-31-;. The minimum Gasteiger partial charge on any atom is -0.493 e. The number of unbranched alkanes of at least 4 members (excludes halogenated alkanes) is 1. The number of amides is 1. The van der Waals surface area contributed by atoms with Crippen LogP contribution in [0, 0.1) is 24.2 Å². The van der Waals surface area contributed by atoms with Gasteiger partial charge >= 0.3 is 0 Å². The molecule has 1 aromatic carbocycles. The molecule has 2 saturated heterocycles. The molecule has 0 radical (unpaired) electrons. The molecule has 0 saturated carbocycles. The Morgan fingerprint density at radius 1 is 1.26 bits per heavy atom. The predicted octanol–water partition coefficient (Wildman–Crippen LogP) is 6.92. The Labute approximate surface area is 260 Å². The number of rotatable bonds is 13. The number of nitrogens with zero attached hydrogens (tertiary/aromatic N) is 2. The molecule has 2 unspecified atom stereocenters. The number of terminal acetylenes is 1. The maximum Gasteiger partial charge on any atom is 0.241 e. The van der Waals surface area contributed by atoms with E-state index in [1.165, 1.54) is 5.57 Å². The Bertz CT molecular complexity index is 1190. The number of hydrogen-bond acceptors (Lipinski definition) is 6. The molecule has 2 aliphatic heterocycles. The summed E-state index contributed by atoms with van der Waals surface area (Å²) in [5, 5.41) is 0. The molecule has 0 aromatic heterocycles.